The lowest BCUT2D eigenvalue weighted by Gasteiger charge is -2.49. The Hall–Kier alpha value is 0. The monoisotopic (exact) mass is 182 g/mol. The highest BCUT2D eigenvalue weighted by atomic mass is 14.5. The van der Waals surface area contributed by atoms with Gasteiger partial charge in [0.25, 0.3) is 0 Å². The molecule has 1 spiro atoms. The SMILES string of the molecule is C1CC2(C1)CCC2.C1CCC1.CC. The van der Waals surface area contributed by atoms with Crippen LogP contribution in [-0.2, 0) is 0 Å². The van der Waals surface area contributed by atoms with Crippen LogP contribution in [0, 0.1) is 5.41 Å². The largest absolute Gasteiger partial charge is 0.0683 e. The summed E-state index contributed by atoms with van der Waals surface area (Å²) < 4.78 is 0. The first kappa shape index (κ1) is 11.1. The third-order valence-corrected chi connectivity index (χ3v) is 3.83. The Labute approximate surface area is 84.1 Å². The highest BCUT2D eigenvalue weighted by Crippen LogP contribution is 2.55. The minimum Gasteiger partial charge on any atom is -0.0683 e. The Morgan fingerprint density at radius 2 is 0.846 bits per heavy atom. The third kappa shape index (κ3) is 3.00. The molecule has 78 valence electrons. The van der Waals surface area contributed by atoms with E-state index in [0.29, 0.717) is 0 Å². The zero-order chi connectivity index (χ0) is 9.57. The van der Waals surface area contributed by atoms with Gasteiger partial charge in [0.2, 0.25) is 0 Å². The molecule has 0 atom stereocenters. The molecule has 0 saturated heterocycles. The van der Waals surface area contributed by atoms with E-state index in [2.05, 4.69) is 0 Å². The van der Waals surface area contributed by atoms with E-state index in [1.54, 1.807) is 25.7 Å². The summed E-state index contributed by atoms with van der Waals surface area (Å²) in [6, 6.07) is 0. The van der Waals surface area contributed by atoms with Gasteiger partial charge in [-0.25, -0.2) is 0 Å². The summed E-state index contributed by atoms with van der Waals surface area (Å²) in [4.78, 5) is 0. The van der Waals surface area contributed by atoms with Crippen LogP contribution in [0.3, 0.4) is 0 Å². The standard InChI is InChI=1S/C7H12.C4H8.C2H6/c1-3-7(4-1)5-2-6-7;1-2-4-3-1;1-2/h1-6H2;1-4H2;1-2H3. The average molecular weight is 182 g/mol. The van der Waals surface area contributed by atoms with Crippen molar-refractivity contribution in [1.82, 2.24) is 0 Å². The predicted molar refractivity (Wildman–Crippen MR) is 60.0 cm³/mol. The fourth-order valence-electron chi connectivity index (χ4n) is 2.10. The summed E-state index contributed by atoms with van der Waals surface area (Å²) in [5.74, 6) is 0. The first-order chi connectivity index (χ1) is 6.41. The van der Waals surface area contributed by atoms with Crippen LogP contribution in [0.2, 0.25) is 0 Å². The molecule has 0 heterocycles. The Morgan fingerprint density at radius 1 is 0.538 bits per heavy atom. The molecule has 3 aliphatic rings. The lowest BCUT2D eigenvalue weighted by Crippen LogP contribution is -2.35. The smallest absolute Gasteiger partial charge is 0.0297 e. The van der Waals surface area contributed by atoms with Gasteiger partial charge in [0.1, 0.15) is 0 Å². The summed E-state index contributed by atoms with van der Waals surface area (Å²) in [6.07, 6.45) is 15.3. The van der Waals surface area contributed by atoms with Gasteiger partial charge in [0, 0.05) is 0 Å². The predicted octanol–water partition coefficient (Wildman–Crippen LogP) is 4.93. The molecule has 3 fully saturated rings. The first-order valence-corrected chi connectivity index (χ1v) is 6.41. The van der Waals surface area contributed by atoms with Crippen LogP contribution in [0.5, 0.6) is 0 Å². The summed E-state index contributed by atoms with van der Waals surface area (Å²) in [5, 5.41) is 0. The average Bonchev–Trinajstić information content (AvgIpc) is 1.80. The third-order valence-electron chi connectivity index (χ3n) is 3.83. The normalized spacial score (nSPS) is 26.3. The number of hydrogen-bond donors (Lipinski definition) is 0. The molecular weight excluding hydrogens is 156 g/mol. The van der Waals surface area contributed by atoms with Gasteiger partial charge in [-0.2, -0.15) is 0 Å². The highest BCUT2D eigenvalue weighted by Gasteiger charge is 2.41. The van der Waals surface area contributed by atoms with Gasteiger partial charge in [-0.15, -0.1) is 0 Å². The highest BCUT2D eigenvalue weighted by molar-refractivity contribution is 4.93. The van der Waals surface area contributed by atoms with Crippen molar-refractivity contribution < 1.29 is 0 Å². The molecule has 0 bridgehead atoms. The number of hydrogen-bond acceptors (Lipinski definition) is 0. The maximum atomic E-state index is 2.00. The van der Waals surface area contributed by atoms with Crippen molar-refractivity contribution in [2.75, 3.05) is 0 Å². The van der Waals surface area contributed by atoms with Crippen LogP contribution in [0.4, 0.5) is 0 Å². The summed E-state index contributed by atoms with van der Waals surface area (Å²) in [5.41, 5.74) is 0.944. The minimum atomic E-state index is 0.944. The van der Waals surface area contributed by atoms with E-state index in [4.69, 9.17) is 0 Å². The van der Waals surface area contributed by atoms with E-state index in [1.807, 2.05) is 13.8 Å². The van der Waals surface area contributed by atoms with Crippen molar-refractivity contribution in [3.05, 3.63) is 0 Å². The fraction of sp³-hybridized carbons (Fsp3) is 1.00. The Kier molecular flexibility index (Phi) is 4.83. The van der Waals surface area contributed by atoms with Crippen LogP contribution in [0.15, 0.2) is 0 Å². The molecule has 3 saturated carbocycles. The topological polar surface area (TPSA) is 0 Å². The Balaban J connectivity index is 0.000000121. The van der Waals surface area contributed by atoms with E-state index in [-0.39, 0.29) is 0 Å². The quantitative estimate of drug-likeness (QED) is 0.498. The van der Waals surface area contributed by atoms with Gasteiger partial charge in [0.15, 0.2) is 0 Å². The molecule has 3 aliphatic carbocycles. The molecule has 0 N–H and O–H groups in total. The Bertz CT molecular complexity index is 94.5. The van der Waals surface area contributed by atoms with Gasteiger partial charge in [-0.05, 0) is 31.1 Å². The molecule has 0 aliphatic heterocycles. The van der Waals surface area contributed by atoms with E-state index < -0.39 is 0 Å². The zero-order valence-corrected chi connectivity index (χ0v) is 9.57. The fourth-order valence-corrected chi connectivity index (χ4v) is 2.10. The van der Waals surface area contributed by atoms with Crippen LogP contribution in [0.1, 0.15) is 78.1 Å². The van der Waals surface area contributed by atoms with Crippen molar-refractivity contribution in [1.29, 1.82) is 0 Å². The molecule has 13 heavy (non-hydrogen) atoms. The molecule has 0 aromatic carbocycles. The molecule has 0 amide bonds. The van der Waals surface area contributed by atoms with Crippen molar-refractivity contribution in [3.63, 3.8) is 0 Å². The van der Waals surface area contributed by atoms with E-state index >= 15 is 0 Å². The molecule has 0 unspecified atom stereocenters. The van der Waals surface area contributed by atoms with Crippen LogP contribution >= 0.6 is 0 Å². The second kappa shape index (κ2) is 5.67. The second-order valence-electron chi connectivity index (χ2n) is 4.62. The molecule has 3 rings (SSSR count). The van der Waals surface area contributed by atoms with Gasteiger partial charge in [-0.3, -0.25) is 0 Å². The summed E-state index contributed by atoms with van der Waals surface area (Å²) in [7, 11) is 0. The van der Waals surface area contributed by atoms with E-state index in [1.165, 1.54) is 38.5 Å². The van der Waals surface area contributed by atoms with Gasteiger partial charge < -0.3 is 0 Å². The van der Waals surface area contributed by atoms with Gasteiger partial charge >= 0.3 is 0 Å². The summed E-state index contributed by atoms with van der Waals surface area (Å²) >= 11 is 0. The maximum absolute atomic E-state index is 2.00. The minimum absolute atomic E-state index is 0.944. The zero-order valence-electron chi connectivity index (χ0n) is 9.57. The van der Waals surface area contributed by atoms with Crippen LogP contribution in [0.25, 0.3) is 0 Å². The first-order valence-electron chi connectivity index (χ1n) is 6.41. The molecule has 0 heteroatoms. The van der Waals surface area contributed by atoms with Crippen molar-refractivity contribution in [2.24, 2.45) is 5.41 Å². The molecule has 0 radical (unpaired) electrons. The maximum Gasteiger partial charge on any atom is -0.0297 e. The van der Waals surface area contributed by atoms with E-state index in [0.717, 1.165) is 5.41 Å². The second-order valence-corrected chi connectivity index (χ2v) is 4.62. The molecule has 0 aromatic heterocycles. The van der Waals surface area contributed by atoms with Crippen molar-refractivity contribution in [3.8, 4) is 0 Å². The van der Waals surface area contributed by atoms with Gasteiger partial charge in [0.05, 0.1) is 0 Å². The Morgan fingerprint density at radius 3 is 0.846 bits per heavy atom. The molecular formula is C13H26. The summed E-state index contributed by atoms with van der Waals surface area (Å²) in [6.45, 7) is 4.00. The lowest BCUT2D eigenvalue weighted by atomic mass is 9.56. The molecule has 0 nitrogen and oxygen atoms in total. The van der Waals surface area contributed by atoms with E-state index in [9.17, 15) is 0 Å². The molecule has 0 aromatic rings. The van der Waals surface area contributed by atoms with Crippen molar-refractivity contribution in [2.45, 2.75) is 78.1 Å². The lowest BCUT2D eigenvalue weighted by molar-refractivity contribution is 0.0314. The van der Waals surface area contributed by atoms with Gasteiger partial charge in [-0.1, -0.05) is 52.4 Å². The van der Waals surface area contributed by atoms with Crippen LogP contribution < -0.4 is 0 Å². The van der Waals surface area contributed by atoms with Crippen molar-refractivity contribution >= 4 is 0 Å². The number of rotatable bonds is 0. The van der Waals surface area contributed by atoms with Crippen LogP contribution in [-0.4, -0.2) is 0 Å².